The molecule has 1 aliphatic carbocycles. The van der Waals surface area contributed by atoms with E-state index >= 15 is 0 Å². The summed E-state index contributed by atoms with van der Waals surface area (Å²) in [5.74, 6) is 0.0283. The van der Waals surface area contributed by atoms with Gasteiger partial charge in [0.25, 0.3) is 5.91 Å². The Balaban J connectivity index is 0.00000180. The van der Waals surface area contributed by atoms with E-state index in [0.717, 1.165) is 12.8 Å². The molecule has 1 aliphatic rings. The number of nitrogens with two attached hydrogens (primary N) is 1. The molecule has 0 spiro atoms. The maximum absolute atomic E-state index is 12.1. The quantitative estimate of drug-likeness (QED) is 0.815. The highest BCUT2D eigenvalue weighted by atomic mass is 35.5. The van der Waals surface area contributed by atoms with Crippen molar-refractivity contribution >= 4 is 24.0 Å². The number of amides is 1. The highest BCUT2D eigenvalue weighted by Gasteiger charge is 2.14. The van der Waals surface area contributed by atoms with Gasteiger partial charge in [0.15, 0.2) is 0 Å². The predicted octanol–water partition coefficient (Wildman–Crippen LogP) is 3.53. The van der Waals surface area contributed by atoms with Gasteiger partial charge in [-0.25, -0.2) is 0 Å². The summed E-state index contributed by atoms with van der Waals surface area (Å²) in [6.45, 7) is 0. The fraction of sp³-hybridized carbons (Fsp3) is 0.533. The minimum absolute atomic E-state index is 0. The van der Waals surface area contributed by atoms with Gasteiger partial charge in [-0.2, -0.15) is 0 Å². The number of anilines is 1. The zero-order valence-electron chi connectivity index (χ0n) is 11.2. The second kappa shape index (κ2) is 8.05. The van der Waals surface area contributed by atoms with Gasteiger partial charge in [-0.15, -0.1) is 12.4 Å². The first kappa shape index (κ1) is 15.8. The van der Waals surface area contributed by atoms with E-state index in [1.165, 1.54) is 32.1 Å². The molecule has 3 nitrogen and oxygen atoms in total. The topological polar surface area (TPSA) is 55.1 Å². The van der Waals surface area contributed by atoms with E-state index in [4.69, 9.17) is 5.73 Å². The van der Waals surface area contributed by atoms with E-state index in [-0.39, 0.29) is 18.3 Å². The van der Waals surface area contributed by atoms with Crippen LogP contribution in [0.2, 0.25) is 0 Å². The number of halogens is 1. The molecule has 1 aromatic carbocycles. The Morgan fingerprint density at radius 1 is 1.00 bits per heavy atom. The molecule has 0 aromatic heterocycles. The van der Waals surface area contributed by atoms with E-state index in [1.807, 2.05) is 0 Å². The maximum Gasteiger partial charge on any atom is 0.251 e. The minimum atomic E-state index is 0. The van der Waals surface area contributed by atoms with Crippen LogP contribution in [0.1, 0.15) is 55.3 Å². The van der Waals surface area contributed by atoms with Crippen molar-refractivity contribution in [3.63, 3.8) is 0 Å². The molecule has 4 heteroatoms. The van der Waals surface area contributed by atoms with Gasteiger partial charge >= 0.3 is 0 Å². The van der Waals surface area contributed by atoms with Crippen LogP contribution in [0.3, 0.4) is 0 Å². The number of rotatable bonds is 2. The zero-order valence-corrected chi connectivity index (χ0v) is 12.0. The summed E-state index contributed by atoms with van der Waals surface area (Å²) in [6, 6.07) is 7.46. The summed E-state index contributed by atoms with van der Waals surface area (Å²) in [7, 11) is 0. The van der Waals surface area contributed by atoms with Gasteiger partial charge in [-0.3, -0.25) is 4.79 Å². The largest absolute Gasteiger partial charge is 0.399 e. The summed E-state index contributed by atoms with van der Waals surface area (Å²) in [4.78, 5) is 12.1. The molecular weight excluding hydrogens is 260 g/mol. The Hall–Kier alpha value is -1.22. The van der Waals surface area contributed by atoms with Crippen molar-refractivity contribution in [1.82, 2.24) is 5.32 Å². The molecule has 1 aromatic rings. The molecule has 106 valence electrons. The fourth-order valence-electron chi connectivity index (χ4n) is 2.50. The van der Waals surface area contributed by atoms with Crippen LogP contribution >= 0.6 is 12.4 Å². The number of hydrogen-bond donors (Lipinski definition) is 2. The lowest BCUT2D eigenvalue weighted by Crippen LogP contribution is -2.35. The highest BCUT2D eigenvalue weighted by Crippen LogP contribution is 2.17. The van der Waals surface area contributed by atoms with Gasteiger partial charge in [0.05, 0.1) is 0 Å². The molecule has 0 aliphatic heterocycles. The van der Waals surface area contributed by atoms with E-state index in [1.54, 1.807) is 24.3 Å². The smallest absolute Gasteiger partial charge is 0.251 e. The molecule has 0 bridgehead atoms. The van der Waals surface area contributed by atoms with Crippen LogP contribution in [0.4, 0.5) is 5.69 Å². The lowest BCUT2D eigenvalue weighted by Gasteiger charge is -2.21. The third-order valence-electron chi connectivity index (χ3n) is 3.61. The van der Waals surface area contributed by atoms with Crippen molar-refractivity contribution < 1.29 is 4.79 Å². The molecule has 1 amide bonds. The first-order chi connectivity index (χ1) is 8.75. The Kier molecular flexibility index (Phi) is 6.71. The third-order valence-corrected chi connectivity index (χ3v) is 3.61. The molecule has 1 fully saturated rings. The summed E-state index contributed by atoms with van der Waals surface area (Å²) in [6.07, 6.45) is 8.63. The van der Waals surface area contributed by atoms with Crippen molar-refractivity contribution in [1.29, 1.82) is 0 Å². The molecule has 0 heterocycles. The maximum atomic E-state index is 12.1. The Labute approximate surface area is 121 Å². The summed E-state index contributed by atoms with van der Waals surface area (Å²) < 4.78 is 0. The van der Waals surface area contributed by atoms with Gasteiger partial charge < -0.3 is 11.1 Å². The molecule has 19 heavy (non-hydrogen) atoms. The first-order valence-electron chi connectivity index (χ1n) is 6.92. The number of carbonyl (C=O) groups is 1. The number of nitrogen functional groups attached to an aromatic ring is 1. The van der Waals surface area contributed by atoms with Crippen LogP contribution in [0, 0.1) is 0 Å². The fourth-order valence-corrected chi connectivity index (χ4v) is 2.50. The van der Waals surface area contributed by atoms with Crippen LogP contribution in [-0.4, -0.2) is 11.9 Å². The van der Waals surface area contributed by atoms with Crippen LogP contribution < -0.4 is 11.1 Å². The van der Waals surface area contributed by atoms with Gasteiger partial charge in [-0.05, 0) is 37.1 Å². The second-order valence-corrected chi connectivity index (χ2v) is 5.14. The standard InChI is InChI=1S/C15H22N2O.ClH/c16-13-10-8-12(9-11-13)15(18)17-14-6-4-2-1-3-5-7-14;/h8-11,14H,1-7,16H2,(H,17,18);1H. The van der Waals surface area contributed by atoms with Crippen molar-refractivity contribution in [2.75, 3.05) is 5.73 Å². The van der Waals surface area contributed by atoms with Gasteiger partial charge in [0.1, 0.15) is 0 Å². The van der Waals surface area contributed by atoms with Crippen molar-refractivity contribution in [3.8, 4) is 0 Å². The molecule has 0 atom stereocenters. The molecule has 0 radical (unpaired) electrons. The normalized spacial score (nSPS) is 16.8. The molecule has 1 saturated carbocycles. The summed E-state index contributed by atoms with van der Waals surface area (Å²) in [5.41, 5.74) is 7.01. The van der Waals surface area contributed by atoms with Crippen LogP contribution in [0.15, 0.2) is 24.3 Å². The third kappa shape index (κ3) is 5.11. The first-order valence-corrected chi connectivity index (χ1v) is 6.92. The van der Waals surface area contributed by atoms with E-state index in [2.05, 4.69) is 5.32 Å². The molecule has 0 saturated heterocycles. The van der Waals surface area contributed by atoms with E-state index in [9.17, 15) is 4.79 Å². The Bertz CT molecular complexity index is 384. The summed E-state index contributed by atoms with van der Waals surface area (Å²) in [5, 5.41) is 3.14. The molecule has 2 rings (SSSR count). The molecule has 0 unspecified atom stereocenters. The zero-order chi connectivity index (χ0) is 12.8. The van der Waals surface area contributed by atoms with Crippen molar-refractivity contribution in [2.45, 2.75) is 51.0 Å². The Morgan fingerprint density at radius 3 is 2.11 bits per heavy atom. The monoisotopic (exact) mass is 282 g/mol. The Morgan fingerprint density at radius 2 is 1.53 bits per heavy atom. The van der Waals surface area contributed by atoms with Crippen LogP contribution in [-0.2, 0) is 0 Å². The van der Waals surface area contributed by atoms with Crippen LogP contribution in [0.5, 0.6) is 0 Å². The van der Waals surface area contributed by atoms with Gasteiger partial charge in [-0.1, -0.05) is 32.1 Å². The second-order valence-electron chi connectivity index (χ2n) is 5.14. The predicted molar refractivity (Wildman–Crippen MR) is 81.7 cm³/mol. The SMILES string of the molecule is Cl.Nc1ccc(C(=O)NC2CCCCCCC2)cc1. The van der Waals surface area contributed by atoms with E-state index in [0.29, 0.717) is 17.3 Å². The lowest BCUT2D eigenvalue weighted by atomic mass is 9.96. The number of hydrogen-bond acceptors (Lipinski definition) is 2. The number of nitrogens with one attached hydrogen (secondary N) is 1. The van der Waals surface area contributed by atoms with Gasteiger partial charge in [0, 0.05) is 17.3 Å². The van der Waals surface area contributed by atoms with Crippen molar-refractivity contribution in [3.05, 3.63) is 29.8 Å². The average molecular weight is 283 g/mol. The minimum Gasteiger partial charge on any atom is -0.399 e. The van der Waals surface area contributed by atoms with Crippen LogP contribution in [0.25, 0.3) is 0 Å². The highest BCUT2D eigenvalue weighted by molar-refractivity contribution is 5.94. The lowest BCUT2D eigenvalue weighted by molar-refractivity contribution is 0.0930. The number of benzene rings is 1. The van der Waals surface area contributed by atoms with E-state index < -0.39 is 0 Å². The van der Waals surface area contributed by atoms with Crippen molar-refractivity contribution in [2.24, 2.45) is 0 Å². The number of carbonyl (C=O) groups excluding carboxylic acids is 1. The van der Waals surface area contributed by atoms with Gasteiger partial charge in [0.2, 0.25) is 0 Å². The average Bonchev–Trinajstić information content (AvgIpc) is 2.33. The molecule has 3 N–H and O–H groups in total. The summed E-state index contributed by atoms with van der Waals surface area (Å²) >= 11 is 0. The molecular formula is C15H23ClN2O.